The molecular weight excluding hydrogens is 256 g/mol. The van der Waals surface area contributed by atoms with E-state index in [2.05, 4.69) is 10.4 Å². The smallest absolute Gasteiger partial charge is 0.410 e. The van der Waals surface area contributed by atoms with Crippen molar-refractivity contribution in [3.8, 4) is 0 Å². The molecule has 1 aromatic rings. The Bertz CT molecular complexity index is 496. The van der Waals surface area contributed by atoms with Gasteiger partial charge in [0.1, 0.15) is 5.60 Å². The number of amides is 1. The molecule has 1 saturated carbocycles. The van der Waals surface area contributed by atoms with Crippen molar-refractivity contribution in [3.63, 3.8) is 0 Å². The maximum Gasteiger partial charge on any atom is 0.410 e. The molecular formula is C14H22N4O2. The number of nitrogens with one attached hydrogen (secondary N) is 1. The molecule has 0 spiro atoms. The molecule has 2 fully saturated rings. The van der Waals surface area contributed by atoms with Crippen molar-refractivity contribution < 1.29 is 9.53 Å². The van der Waals surface area contributed by atoms with E-state index in [4.69, 9.17) is 4.74 Å². The number of ether oxygens (including phenoxy) is 1. The number of hydrogen-bond acceptors (Lipinski definition) is 4. The van der Waals surface area contributed by atoms with Gasteiger partial charge in [0.2, 0.25) is 0 Å². The summed E-state index contributed by atoms with van der Waals surface area (Å²) in [5.41, 5.74) is 0.604. The zero-order valence-corrected chi connectivity index (χ0v) is 12.3. The van der Waals surface area contributed by atoms with E-state index in [0.29, 0.717) is 25.2 Å². The Morgan fingerprint density at radius 3 is 2.70 bits per heavy atom. The van der Waals surface area contributed by atoms with Gasteiger partial charge in [-0.1, -0.05) is 0 Å². The molecule has 0 aromatic carbocycles. The van der Waals surface area contributed by atoms with Gasteiger partial charge in [0.15, 0.2) is 0 Å². The molecule has 1 saturated heterocycles. The Labute approximate surface area is 119 Å². The van der Waals surface area contributed by atoms with Crippen molar-refractivity contribution in [3.05, 3.63) is 12.4 Å². The van der Waals surface area contributed by atoms with Gasteiger partial charge in [-0.2, -0.15) is 5.10 Å². The SMILES string of the molecule is CC(C)(C)OC(=O)N1CC(Nc2cnn(C3CC3)c2)C1. The second-order valence-electron chi connectivity index (χ2n) is 6.67. The van der Waals surface area contributed by atoms with Crippen molar-refractivity contribution in [2.24, 2.45) is 0 Å². The Morgan fingerprint density at radius 2 is 2.10 bits per heavy atom. The van der Waals surface area contributed by atoms with Crippen LogP contribution in [0.3, 0.4) is 0 Å². The van der Waals surface area contributed by atoms with E-state index in [1.54, 1.807) is 4.90 Å². The fourth-order valence-corrected chi connectivity index (χ4v) is 2.23. The summed E-state index contributed by atoms with van der Waals surface area (Å²) in [4.78, 5) is 13.5. The highest BCUT2D eigenvalue weighted by Crippen LogP contribution is 2.34. The number of rotatable bonds is 3. The first-order valence-corrected chi connectivity index (χ1v) is 7.19. The highest BCUT2D eigenvalue weighted by atomic mass is 16.6. The molecule has 3 rings (SSSR count). The molecule has 110 valence electrons. The van der Waals surface area contributed by atoms with Crippen LogP contribution in [0, 0.1) is 0 Å². The average Bonchev–Trinajstić information content (AvgIpc) is 3.01. The molecule has 0 bridgehead atoms. The Morgan fingerprint density at radius 1 is 1.40 bits per heavy atom. The van der Waals surface area contributed by atoms with E-state index < -0.39 is 5.60 Å². The van der Waals surface area contributed by atoms with Crippen LogP contribution >= 0.6 is 0 Å². The molecule has 1 aliphatic carbocycles. The van der Waals surface area contributed by atoms with E-state index in [0.717, 1.165) is 5.69 Å². The quantitative estimate of drug-likeness (QED) is 0.921. The third-order valence-corrected chi connectivity index (χ3v) is 3.43. The summed E-state index contributed by atoms with van der Waals surface area (Å²) in [7, 11) is 0. The van der Waals surface area contributed by atoms with E-state index in [9.17, 15) is 4.79 Å². The first-order chi connectivity index (χ1) is 9.40. The highest BCUT2D eigenvalue weighted by Gasteiger charge is 2.34. The number of nitrogens with zero attached hydrogens (tertiary/aromatic N) is 3. The largest absolute Gasteiger partial charge is 0.444 e. The molecule has 1 amide bonds. The standard InChI is InChI=1S/C14H22N4O2/c1-14(2,3)20-13(19)17-7-11(8-17)16-10-6-15-18(9-10)12-4-5-12/h6,9,11-12,16H,4-5,7-8H2,1-3H3. The third kappa shape index (κ3) is 3.05. The predicted octanol–water partition coefficient (Wildman–Crippen LogP) is 2.25. The predicted molar refractivity (Wildman–Crippen MR) is 75.7 cm³/mol. The molecule has 0 atom stereocenters. The van der Waals surface area contributed by atoms with Crippen LogP contribution in [0.15, 0.2) is 12.4 Å². The summed E-state index contributed by atoms with van der Waals surface area (Å²) >= 11 is 0. The Kier molecular flexibility index (Phi) is 3.11. The van der Waals surface area contributed by atoms with Crippen LogP contribution in [0.25, 0.3) is 0 Å². The normalized spacial score (nSPS) is 19.6. The van der Waals surface area contributed by atoms with Gasteiger partial charge in [-0.3, -0.25) is 4.68 Å². The summed E-state index contributed by atoms with van der Waals surface area (Å²) < 4.78 is 7.35. The van der Waals surface area contributed by atoms with Crippen molar-refractivity contribution in [2.75, 3.05) is 18.4 Å². The van der Waals surface area contributed by atoms with Crippen LogP contribution in [0.5, 0.6) is 0 Å². The van der Waals surface area contributed by atoms with Gasteiger partial charge in [-0.15, -0.1) is 0 Å². The van der Waals surface area contributed by atoms with E-state index in [1.165, 1.54) is 12.8 Å². The van der Waals surface area contributed by atoms with Crippen molar-refractivity contribution in [1.82, 2.24) is 14.7 Å². The molecule has 6 nitrogen and oxygen atoms in total. The highest BCUT2D eigenvalue weighted by molar-refractivity contribution is 5.69. The topological polar surface area (TPSA) is 59.4 Å². The van der Waals surface area contributed by atoms with Crippen molar-refractivity contribution in [2.45, 2.75) is 51.3 Å². The first-order valence-electron chi connectivity index (χ1n) is 7.19. The number of aromatic nitrogens is 2. The van der Waals surface area contributed by atoms with Gasteiger partial charge in [0.05, 0.1) is 24.0 Å². The minimum Gasteiger partial charge on any atom is -0.444 e. The van der Waals surface area contributed by atoms with Crippen LogP contribution < -0.4 is 5.32 Å². The maximum atomic E-state index is 11.8. The fraction of sp³-hybridized carbons (Fsp3) is 0.714. The molecule has 6 heteroatoms. The molecule has 1 aliphatic heterocycles. The van der Waals surface area contributed by atoms with Crippen LogP contribution in [-0.4, -0.2) is 45.5 Å². The third-order valence-electron chi connectivity index (χ3n) is 3.43. The molecule has 2 aliphatic rings. The average molecular weight is 278 g/mol. The van der Waals surface area contributed by atoms with Gasteiger partial charge in [0, 0.05) is 19.3 Å². The summed E-state index contributed by atoms with van der Waals surface area (Å²) in [6, 6.07) is 0.893. The van der Waals surface area contributed by atoms with Crippen molar-refractivity contribution in [1.29, 1.82) is 0 Å². The van der Waals surface area contributed by atoms with Gasteiger partial charge in [-0.25, -0.2) is 4.79 Å². The molecule has 2 heterocycles. The molecule has 1 N–H and O–H groups in total. The second kappa shape index (κ2) is 4.68. The van der Waals surface area contributed by atoms with Crippen LogP contribution in [0.4, 0.5) is 10.5 Å². The van der Waals surface area contributed by atoms with Gasteiger partial charge < -0.3 is 15.0 Å². The number of carbonyl (C=O) groups excluding carboxylic acids is 1. The van der Waals surface area contributed by atoms with E-state index in [-0.39, 0.29) is 6.09 Å². The van der Waals surface area contributed by atoms with Gasteiger partial charge in [0.25, 0.3) is 0 Å². The zero-order valence-electron chi connectivity index (χ0n) is 12.3. The lowest BCUT2D eigenvalue weighted by Crippen LogP contribution is -2.57. The van der Waals surface area contributed by atoms with Crippen molar-refractivity contribution >= 4 is 11.8 Å². The summed E-state index contributed by atoms with van der Waals surface area (Å²) in [5, 5.41) is 7.74. The second-order valence-corrected chi connectivity index (χ2v) is 6.67. The lowest BCUT2D eigenvalue weighted by Gasteiger charge is -2.40. The van der Waals surface area contributed by atoms with E-state index in [1.807, 2.05) is 37.8 Å². The summed E-state index contributed by atoms with van der Waals surface area (Å²) in [5.74, 6) is 0. The number of carbonyl (C=O) groups is 1. The lowest BCUT2D eigenvalue weighted by molar-refractivity contribution is 0.0105. The Balaban J connectivity index is 1.44. The van der Waals surface area contributed by atoms with Crippen LogP contribution in [0.1, 0.15) is 39.7 Å². The molecule has 1 aromatic heterocycles. The monoisotopic (exact) mass is 278 g/mol. The lowest BCUT2D eigenvalue weighted by atomic mass is 10.1. The summed E-state index contributed by atoms with van der Waals surface area (Å²) in [6.45, 7) is 7.01. The maximum absolute atomic E-state index is 11.8. The molecule has 0 radical (unpaired) electrons. The fourth-order valence-electron chi connectivity index (χ4n) is 2.23. The van der Waals surface area contributed by atoms with Crippen LogP contribution in [-0.2, 0) is 4.74 Å². The van der Waals surface area contributed by atoms with Gasteiger partial charge >= 0.3 is 6.09 Å². The number of hydrogen-bond donors (Lipinski definition) is 1. The Hall–Kier alpha value is -1.72. The first kappa shape index (κ1) is 13.3. The molecule has 20 heavy (non-hydrogen) atoms. The van der Waals surface area contributed by atoms with E-state index >= 15 is 0 Å². The minimum atomic E-state index is -0.430. The number of likely N-dealkylation sites (tertiary alicyclic amines) is 1. The van der Waals surface area contributed by atoms with Gasteiger partial charge in [-0.05, 0) is 33.6 Å². The zero-order chi connectivity index (χ0) is 14.3. The molecule has 0 unspecified atom stereocenters. The van der Waals surface area contributed by atoms with Crippen LogP contribution in [0.2, 0.25) is 0 Å². The summed E-state index contributed by atoms with van der Waals surface area (Å²) in [6.07, 6.45) is 6.14. The number of anilines is 1. The minimum absolute atomic E-state index is 0.232.